The summed E-state index contributed by atoms with van der Waals surface area (Å²) >= 11 is 0. The molecule has 1 saturated heterocycles. The number of rotatable bonds is 0. The Labute approximate surface area is 90.4 Å². The molecule has 3 saturated carbocycles. The molecule has 2 bridgehead atoms. The summed E-state index contributed by atoms with van der Waals surface area (Å²) in [7, 11) is 0. The molecule has 0 aromatic heterocycles. The van der Waals surface area contributed by atoms with Gasteiger partial charge < -0.3 is 4.74 Å². The molecule has 4 atom stereocenters. The maximum Gasteiger partial charge on any atom is 0.142 e. The summed E-state index contributed by atoms with van der Waals surface area (Å²) in [6.45, 7) is 0. The molecule has 0 spiro atoms. The van der Waals surface area contributed by atoms with Crippen LogP contribution in [0.1, 0.15) is 51.4 Å². The highest BCUT2D eigenvalue weighted by molar-refractivity contribution is 5.88. The predicted octanol–water partition coefficient (Wildman–Crippen LogP) is 2.46. The van der Waals surface area contributed by atoms with Crippen molar-refractivity contribution in [2.24, 2.45) is 11.8 Å². The van der Waals surface area contributed by atoms with Gasteiger partial charge in [0.15, 0.2) is 0 Å². The Morgan fingerprint density at radius 1 is 1.13 bits per heavy atom. The SMILES string of the molecule is O=C1[C@H]2CCC[C@@H]1[C@]13CCCC[C@]1(C2)O3. The Balaban J connectivity index is 1.77. The highest BCUT2D eigenvalue weighted by atomic mass is 16.6. The average molecular weight is 206 g/mol. The second-order valence-corrected chi connectivity index (χ2v) is 5.98. The molecule has 82 valence electrons. The van der Waals surface area contributed by atoms with Gasteiger partial charge in [0.25, 0.3) is 0 Å². The van der Waals surface area contributed by atoms with Crippen molar-refractivity contribution in [2.45, 2.75) is 62.6 Å². The number of Topliss-reactive ketones (excluding diaryl/α,β-unsaturated/α-hetero) is 1. The third-order valence-corrected chi connectivity index (χ3v) is 5.42. The van der Waals surface area contributed by atoms with Crippen LogP contribution in [0.15, 0.2) is 0 Å². The quantitative estimate of drug-likeness (QED) is 0.570. The number of hydrogen-bond donors (Lipinski definition) is 0. The van der Waals surface area contributed by atoms with E-state index in [0.717, 1.165) is 25.7 Å². The smallest absolute Gasteiger partial charge is 0.142 e. The molecule has 0 amide bonds. The Bertz CT molecular complexity index is 337. The second kappa shape index (κ2) is 2.48. The molecular weight excluding hydrogens is 188 g/mol. The third-order valence-electron chi connectivity index (χ3n) is 5.42. The fourth-order valence-corrected chi connectivity index (χ4v) is 4.74. The van der Waals surface area contributed by atoms with Crippen molar-refractivity contribution < 1.29 is 9.53 Å². The van der Waals surface area contributed by atoms with Crippen molar-refractivity contribution in [2.75, 3.05) is 0 Å². The monoisotopic (exact) mass is 206 g/mol. The van der Waals surface area contributed by atoms with E-state index in [9.17, 15) is 4.79 Å². The first-order valence-corrected chi connectivity index (χ1v) is 6.51. The van der Waals surface area contributed by atoms with Gasteiger partial charge in [0, 0.05) is 11.8 Å². The summed E-state index contributed by atoms with van der Waals surface area (Å²) in [5, 5.41) is 0. The van der Waals surface area contributed by atoms with E-state index in [4.69, 9.17) is 4.74 Å². The molecule has 15 heavy (non-hydrogen) atoms. The van der Waals surface area contributed by atoms with E-state index in [2.05, 4.69) is 0 Å². The second-order valence-electron chi connectivity index (χ2n) is 5.98. The number of carbonyl (C=O) groups excluding carboxylic acids is 1. The molecular formula is C13H18O2. The summed E-state index contributed by atoms with van der Waals surface area (Å²) in [6, 6.07) is 0. The zero-order valence-electron chi connectivity index (χ0n) is 9.13. The number of epoxide rings is 1. The van der Waals surface area contributed by atoms with Gasteiger partial charge in [-0.25, -0.2) is 0 Å². The van der Waals surface area contributed by atoms with Crippen molar-refractivity contribution in [3.63, 3.8) is 0 Å². The van der Waals surface area contributed by atoms with E-state index in [0.29, 0.717) is 11.7 Å². The van der Waals surface area contributed by atoms with Crippen LogP contribution in [0.5, 0.6) is 0 Å². The lowest BCUT2D eigenvalue weighted by Crippen LogP contribution is -2.50. The van der Waals surface area contributed by atoms with E-state index in [-0.39, 0.29) is 17.1 Å². The first-order chi connectivity index (χ1) is 7.28. The van der Waals surface area contributed by atoms with Crippen molar-refractivity contribution in [3.05, 3.63) is 0 Å². The molecule has 0 aromatic carbocycles. The van der Waals surface area contributed by atoms with Gasteiger partial charge in [-0.3, -0.25) is 4.79 Å². The van der Waals surface area contributed by atoms with E-state index in [1.165, 1.54) is 25.7 Å². The zero-order chi connectivity index (χ0) is 10.1. The van der Waals surface area contributed by atoms with E-state index < -0.39 is 0 Å². The topological polar surface area (TPSA) is 29.6 Å². The van der Waals surface area contributed by atoms with Crippen LogP contribution in [-0.4, -0.2) is 17.0 Å². The number of ketones is 1. The summed E-state index contributed by atoms with van der Waals surface area (Å²) in [5.41, 5.74) is 0.216. The summed E-state index contributed by atoms with van der Waals surface area (Å²) in [6.07, 6.45) is 9.53. The molecule has 1 aliphatic heterocycles. The third kappa shape index (κ3) is 0.848. The van der Waals surface area contributed by atoms with Crippen molar-refractivity contribution >= 4 is 5.78 Å². The van der Waals surface area contributed by atoms with Crippen LogP contribution in [0.4, 0.5) is 0 Å². The van der Waals surface area contributed by atoms with Crippen LogP contribution in [0.3, 0.4) is 0 Å². The van der Waals surface area contributed by atoms with Crippen molar-refractivity contribution in [1.29, 1.82) is 0 Å². The van der Waals surface area contributed by atoms with Gasteiger partial charge in [0.05, 0.1) is 5.60 Å². The van der Waals surface area contributed by atoms with Gasteiger partial charge in [-0.2, -0.15) is 0 Å². The fraction of sp³-hybridized carbons (Fsp3) is 0.923. The number of fused-ring (bicyclic) bond motifs is 2. The molecule has 0 aromatic rings. The lowest BCUT2D eigenvalue weighted by molar-refractivity contribution is -0.134. The summed E-state index contributed by atoms with van der Waals surface area (Å²) < 4.78 is 6.18. The maximum atomic E-state index is 12.2. The first kappa shape index (κ1) is 8.74. The molecule has 3 aliphatic carbocycles. The van der Waals surface area contributed by atoms with Gasteiger partial charge in [0.1, 0.15) is 11.4 Å². The molecule has 2 nitrogen and oxygen atoms in total. The largest absolute Gasteiger partial charge is 0.362 e. The zero-order valence-corrected chi connectivity index (χ0v) is 9.13. The predicted molar refractivity (Wildman–Crippen MR) is 55.5 cm³/mol. The summed E-state index contributed by atoms with van der Waals surface area (Å²) in [5.74, 6) is 1.19. The molecule has 0 radical (unpaired) electrons. The first-order valence-electron chi connectivity index (χ1n) is 6.51. The van der Waals surface area contributed by atoms with Gasteiger partial charge in [-0.15, -0.1) is 0 Å². The van der Waals surface area contributed by atoms with Crippen LogP contribution < -0.4 is 0 Å². The van der Waals surface area contributed by atoms with E-state index in [1.807, 2.05) is 0 Å². The standard InChI is InChI=1S/C13H18O2/c14-11-9-4-3-5-10(11)13-7-2-1-6-12(13,8-9)15-13/h9-10H,1-8H2/t9-,10-,12+,13+/m0/s1. The fourth-order valence-electron chi connectivity index (χ4n) is 4.74. The van der Waals surface area contributed by atoms with Gasteiger partial charge in [0.2, 0.25) is 0 Å². The van der Waals surface area contributed by atoms with Crippen LogP contribution in [0.25, 0.3) is 0 Å². The molecule has 4 fully saturated rings. The number of ether oxygens (including phenoxy) is 1. The Morgan fingerprint density at radius 2 is 2.00 bits per heavy atom. The molecule has 0 unspecified atom stereocenters. The lowest BCUT2D eigenvalue weighted by Gasteiger charge is -2.41. The van der Waals surface area contributed by atoms with Crippen LogP contribution in [0, 0.1) is 11.8 Å². The van der Waals surface area contributed by atoms with E-state index in [1.54, 1.807) is 0 Å². The minimum absolute atomic E-state index is 0.0409. The molecule has 2 heteroatoms. The lowest BCUT2D eigenvalue weighted by atomic mass is 9.57. The molecule has 1 heterocycles. The van der Waals surface area contributed by atoms with Gasteiger partial charge >= 0.3 is 0 Å². The van der Waals surface area contributed by atoms with Gasteiger partial charge in [-0.1, -0.05) is 19.3 Å². The maximum absolute atomic E-state index is 12.2. The highest BCUT2D eigenvalue weighted by Crippen LogP contribution is 2.69. The number of hydrogen-bond acceptors (Lipinski definition) is 2. The molecule has 4 rings (SSSR count). The number of carbonyl (C=O) groups is 1. The Morgan fingerprint density at radius 3 is 2.93 bits per heavy atom. The minimum Gasteiger partial charge on any atom is -0.362 e. The van der Waals surface area contributed by atoms with Crippen molar-refractivity contribution in [1.82, 2.24) is 0 Å². The molecule has 0 N–H and O–H groups in total. The summed E-state index contributed by atoms with van der Waals surface area (Å²) in [4.78, 5) is 12.2. The van der Waals surface area contributed by atoms with Crippen molar-refractivity contribution in [3.8, 4) is 0 Å². The molecule has 4 aliphatic rings. The highest BCUT2D eigenvalue weighted by Gasteiger charge is 2.77. The van der Waals surface area contributed by atoms with Gasteiger partial charge in [-0.05, 0) is 32.1 Å². The Kier molecular flexibility index (Phi) is 1.44. The normalized spacial score (nSPS) is 56.9. The van der Waals surface area contributed by atoms with Crippen LogP contribution in [-0.2, 0) is 9.53 Å². The Hall–Kier alpha value is -0.370. The minimum atomic E-state index is 0.0409. The van der Waals surface area contributed by atoms with Crippen LogP contribution in [0.2, 0.25) is 0 Å². The van der Waals surface area contributed by atoms with E-state index >= 15 is 0 Å². The average Bonchev–Trinajstić information content (AvgIpc) is 2.88. The van der Waals surface area contributed by atoms with Crippen LogP contribution >= 0.6 is 0 Å².